The molecule has 4 nitrogen and oxygen atoms in total. The summed E-state index contributed by atoms with van der Waals surface area (Å²) in [6.45, 7) is 0. The van der Waals surface area contributed by atoms with E-state index in [9.17, 15) is 18.4 Å². The van der Waals surface area contributed by atoms with Gasteiger partial charge in [-0.1, -0.05) is 12.2 Å². The summed E-state index contributed by atoms with van der Waals surface area (Å²) in [6, 6.07) is 1.92. The van der Waals surface area contributed by atoms with Crippen molar-refractivity contribution in [2.24, 2.45) is 5.73 Å². The largest absolute Gasteiger partial charge is 0.477 e. The van der Waals surface area contributed by atoms with Crippen LogP contribution in [0, 0.1) is 11.6 Å². The fraction of sp³-hybridized carbons (Fsp3) is 0.0909. The Kier molecular flexibility index (Phi) is 3.92. The number of benzene rings is 1. The molecule has 1 aromatic carbocycles. The van der Waals surface area contributed by atoms with E-state index >= 15 is 0 Å². The van der Waals surface area contributed by atoms with Gasteiger partial charge in [-0.05, 0) is 12.1 Å². The minimum atomic E-state index is -1.69. The van der Waals surface area contributed by atoms with E-state index < -0.39 is 29.1 Å². The summed E-state index contributed by atoms with van der Waals surface area (Å²) >= 11 is 0. The average Bonchev–Trinajstić information content (AvgIpc) is 2.20. The van der Waals surface area contributed by atoms with Gasteiger partial charge in [-0.3, -0.25) is 4.79 Å². The highest BCUT2D eigenvalue weighted by atomic mass is 19.1. The molecule has 0 bridgehead atoms. The molecule has 6 heteroatoms. The summed E-state index contributed by atoms with van der Waals surface area (Å²) in [7, 11) is 0. The predicted octanol–water partition coefficient (Wildman–Crippen LogP) is 1.55. The summed E-state index contributed by atoms with van der Waals surface area (Å²) in [4.78, 5) is 21.0. The van der Waals surface area contributed by atoms with Gasteiger partial charge in [0.25, 0.3) is 0 Å². The van der Waals surface area contributed by atoms with Crippen LogP contribution in [0.15, 0.2) is 18.2 Å². The molecule has 0 aliphatic heterocycles. The van der Waals surface area contributed by atoms with E-state index in [-0.39, 0.29) is 12.0 Å². The molecule has 0 radical (unpaired) electrons. The number of nitrogens with two attached hydrogens (primary N) is 1. The van der Waals surface area contributed by atoms with Crippen LogP contribution in [0.1, 0.15) is 22.3 Å². The van der Waals surface area contributed by atoms with Crippen LogP contribution in [0.3, 0.4) is 0 Å². The second kappa shape index (κ2) is 5.20. The molecule has 17 heavy (non-hydrogen) atoms. The topological polar surface area (TPSA) is 80.4 Å². The van der Waals surface area contributed by atoms with E-state index in [1.165, 1.54) is 12.2 Å². The summed E-state index contributed by atoms with van der Waals surface area (Å²) in [6.07, 6.45) is 2.33. The van der Waals surface area contributed by atoms with Gasteiger partial charge in [0.05, 0.1) is 0 Å². The highest BCUT2D eigenvalue weighted by molar-refractivity contribution is 5.89. The molecule has 0 aromatic heterocycles. The fourth-order valence-corrected chi connectivity index (χ4v) is 1.20. The first-order chi connectivity index (χ1) is 7.93. The zero-order valence-corrected chi connectivity index (χ0v) is 8.61. The number of carboxylic acids is 1. The number of rotatable bonds is 4. The van der Waals surface area contributed by atoms with Crippen LogP contribution in [-0.4, -0.2) is 17.0 Å². The summed E-state index contributed by atoms with van der Waals surface area (Å²) in [5.74, 6) is -4.63. The first kappa shape index (κ1) is 12.8. The number of carbonyl (C=O) groups excluding carboxylic acids is 1. The van der Waals surface area contributed by atoms with Crippen LogP contribution >= 0.6 is 0 Å². The molecule has 0 spiro atoms. The molecule has 0 fully saturated rings. The van der Waals surface area contributed by atoms with Crippen molar-refractivity contribution in [1.82, 2.24) is 0 Å². The quantitative estimate of drug-likeness (QED) is 0.839. The second-order valence-corrected chi connectivity index (χ2v) is 3.20. The molecule has 0 saturated carbocycles. The van der Waals surface area contributed by atoms with Crippen molar-refractivity contribution in [3.8, 4) is 0 Å². The lowest BCUT2D eigenvalue weighted by Gasteiger charge is -2.02. The van der Waals surface area contributed by atoms with Gasteiger partial charge in [0.1, 0.15) is 17.2 Å². The van der Waals surface area contributed by atoms with E-state index in [2.05, 4.69) is 0 Å². The Labute approximate surface area is 95.4 Å². The van der Waals surface area contributed by atoms with Gasteiger partial charge in [-0.25, -0.2) is 13.6 Å². The van der Waals surface area contributed by atoms with Gasteiger partial charge in [0, 0.05) is 12.0 Å². The number of aromatic carboxylic acids is 1. The summed E-state index contributed by atoms with van der Waals surface area (Å²) in [5, 5.41) is 8.61. The van der Waals surface area contributed by atoms with Crippen LogP contribution < -0.4 is 5.73 Å². The average molecular weight is 241 g/mol. The van der Waals surface area contributed by atoms with Crippen molar-refractivity contribution in [2.75, 3.05) is 0 Å². The number of amides is 1. The number of hydrogen-bond donors (Lipinski definition) is 2. The zero-order chi connectivity index (χ0) is 13.0. The van der Waals surface area contributed by atoms with Gasteiger partial charge in [-0.2, -0.15) is 0 Å². The number of halogens is 2. The molecular weight excluding hydrogens is 232 g/mol. The number of carbonyl (C=O) groups is 2. The van der Waals surface area contributed by atoms with Crippen molar-refractivity contribution >= 4 is 18.0 Å². The monoisotopic (exact) mass is 241 g/mol. The van der Waals surface area contributed by atoms with Gasteiger partial charge >= 0.3 is 5.97 Å². The maximum atomic E-state index is 13.5. The number of hydrogen-bond acceptors (Lipinski definition) is 2. The van der Waals surface area contributed by atoms with Gasteiger partial charge in [0.15, 0.2) is 0 Å². The predicted molar refractivity (Wildman–Crippen MR) is 56.2 cm³/mol. The third kappa shape index (κ3) is 3.10. The lowest BCUT2D eigenvalue weighted by molar-refractivity contribution is -0.117. The molecule has 1 aromatic rings. The minimum Gasteiger partial charge on any atom is -0.477 e. The van der Waals surface area contributed by atoms with E-state index in [4.69, 9.17) is 10.8 Å². The van der Waals surface area contributed by atoms with E-state index in [0.29, 0.717) is 0 Å². The third-order valence-electron chi connectivity index (χ3n) is 1.95. The van der Waals surface area contributed by atoms with Crippen molar-refractivity contribution in [1.29, 1.82) is 0 Å². The van der Waals surface area contributed by atoms with Crippen molar-refractivity contribution in [2.45, 2.75) is 6.42 Å². The van der Waals surface area contributed by atoms with Crippen LogP contribution in [0.25, 0.3) is 6.08 Å². The normalized spacial score (nSPS) is 10.7. The fourth-order valence-electron chi connectivity index (χ4n) is 1.20. The van der Waals surface area contributed by atoms with Crippen molar-refractivity contribution < 1.29 is 23.5 Å². The van der Waals surface area contributed by atoms with Crippen LogP contribution in [-0.2, 0) is 4.79 Å². The highest BCUT2D eigenvalue weighted by Gasteiger charge is 2.18. The number of primary amides is 1. The lowest BCUT2D eigenvalue weighted by Crippen LogP contribution is -2.08. The first-order valence-corrected chi connectivity index (χ1v) is 4.59. The molecular formula is C11H9F2NO3. The summed E-state index contributed by atoms with van der Waals surface area (Å²) in [5.41, 5.74) is 3.72. The highest BCUT2D eigenvalue weighted by Crippen LogP contribution is 2.18. The molecule has 1 rings (SSSR count). The molecule has 0 aliphatic carbocycles. The Balaban J connectivity index is 3.11. The van der Waals surface area contributed by atoms with Crippen molar-refractivity contribution in [3.63, 3.8) is 0 Å². The van der Waals surface area contributed by atoms with E-state index in [1.54, 1.807) is 0 Å². The Morgan fingerprint density at radius 3 is 2.53 bits per heavy atom. The standard InChI is InChI=1S/C11H9F2NO3/c12-7-5-4-6(2-1-3-8(14)15)10(13)9(7)11(16)17/h1-2,4-5H,3H2,(H2,14,15)(H,16,17). The van der Waals surface area contributed by atoms with Crippen LogP contribution in [0.5, 0.6) is 0 Å². The molecule has 90 valence electrons. The van der Waals surface area contributed by atoms with Gasteiger partial charge in [0.2, 0.25) is 5.91 Å². The first-order valence-electron chi connectivity index (χ1n) is 4.59. The molecule has 0 heterocycles. The molecule has 3 N–H and O–H groups in total. The van der Waals surface area contributed by atoms with E-state index in [1.807, 2.05) is 0 Å². The smallest absolute Gasteiger partial charge is 0.341 e. The zero-order valence-electron chi connectivity index (χ0n) is 8.61. The van der Waals surface area contributed by atoms with Gasteiger partial charge in [-0.15, -0.1) is 0 Å². The van der Waals surface area contributed by atoms with Crippen LogP contribution in [0.2, 0.25) is 0 Å². The molecule has 0 saturated heterocycles. The SMILES string of the molecule is NC(=O)CC=Cc1ccc(F)c(C(=O)O)c1F. The minimum absolute atomic E-state index is 0.112. The van der Waals surface area contributed by atoms with Crippen molar-refractivity contribution in [3.05, 3.63) is 41.0 Å². The van der Waals surface area contributed by atoms with E-state index in [0.717, 1.165) is 12.1 Å². The van der Waals surface area contributed by atoms with Crippen LogP contribution in [0.4, 0.5) is 8.78 Å². The third-order valence-corrected chi connectivity index (χ3v) is 1.95. The Hall–Kier alpha value is -2.24. The number of carboxylic acid groups (broad SMARTS) is 1. The summed E-state index contributed by atoms with van der Waals surface area (Å²) < 4.78 is 26.5. The molecule has 0 atom stereocenters. The Morgan fingerprint density at radius 1 is 1.35 bits per heavy atom. The van der Waals surface area contributed by atoms with Gasteiger partial charge < -0.3 is 10.8 Å². The molecule has 0 aliphatic rings. The Bertz CT molecular complexity index is 498. The molecule has 1 amide bonds. The maximum absolute atomic E-state index is 13.5. The Morgan fingerprint density at radius 2 is 2.00 bits per heavy atom. The second-order valence-electron chi connectivity index (χ2n) is 3.20. The lowest BCUT2D eigenvalue weighted by atomic mass is 10.1. The molecule has 0 unspecified atom stereocenters. The maximum Gasteiger partial charge on any atom is 0.341 e.